The van der Waals surface area contributed by atoms with E-state index in [1.165, 1.54) is 45.3 Å². The van der Waals surface area contributed by atoms with E-state index in [1.807, 2.05) is 7.05 Å². The van der Waals surface area contributed by atoms with Gasteiger partial charge in [-0.05, 0) is 51.2 Å². The lowest BCUT2D eigenvalue weighted by atomic mass is 10.1. The third-order valence-corrected chi connectivity index (χ3v) is 3.38. The molecule has 0 spiro atoms. The van der Waals surface area contributed by atoms with Gasteiger partial charge < -0.3 is 15.5 Å². The maximum Gasteiger partial charge on any atom is 0.190 e. The molecule has 1 fully saturated rings. The number of guanidine groups is 1. The second kappa shape index (κ2) is 9.20. The van der Waals surface area contributed by atoms with Crippen molar-refractivity contribution in [3.63, 3.8) is 0 Å². The molecule has 106 valence electrons. The van der Waals surface area contributed by atoms with Crippen LogP contribution in [0.4, 0.5) is 0 Å². The Bertz CT molecular complexity index is 232. The average Bonchev–Trinajstić information content (AvgIpc) is 2.84. The van der Waals surface area contributed by atoms with Crippen molar-refractivity contribution in [1.29, 1.82) is 0 Å². The molecule has 0 saturated carbocycles. The molecule has 1 rings (SSSR count). The van der Waals surface area contributed by atoms with Gasteiger partial charge in [-0.2, -0.15) is 0 Å². The minimum atomic E-state index is 0.741. The van der Waals surface area contributed by atoms with Gasteiger partial charge in [-0.15, -0.1) is 0 Å². The van der Waals surface area contributed by atoms with E-state index in [2.05, 4.69) is 34.4 Å². The van der Waals surface area contributed by atoms with Crippen LogP contribution in [0, 0.1) is 5.92 Å². The molecule has 0 unspecified atom stereocenters. The molecule has 0 aromatic heterocycles. The number of aliphatic imine (C=N–C) groups is 1. The summed E-state index contributed by atoms with van der Waals surface area (Å²) in [6.07, 6.45) is 5.15. The molecule has 0 radical (unpaired) electrons. The van der Waals surface area contributed by atoms with E-state index < -0.39 is 0 Å². The van der Waals surface area contributed by atoms with E-state index in [9.17, 15) is 0 Å². The molecule has 0 atom stereocenters. The van der Waals surface area contributed by atoms with E-state index in [1.54, 1.807) is 0 Å². The van der Waals surface area contributed by atoms with Gasteiger partial charge in [-0.1, -0.05) is 13.8 Å². The van der Waals surface area contributed by atoms with Gasteiger partial charge in [0.15, 0.2) is 5.96 Å². The van der Waals surface area contributed by atoms with Crippen LogP contribution in [0.3, 0.4) is 0 Å². The van der Waals surface area contributed by atoms with Crippen LogP contribution in [-0.4, -0.2) is 50.6 Å². The third kappa shape index (κ3) is 6.84. The van der Waals surface area contributed by atoms with Gasteiger partial charge in [0.1, 0.15) is 0 Å². The molecule has 4 heteroatoms. The predicted molar refractivity (Wildman–Crippen MR) is 79.1 cm³/mol. The first-order valence-corrected chi connectivity index (χ1v) is 7.39. The molecule has 0 bridgehead atoms. The SMILES string of the molecule is CN=C(NCCCN1CCCC1)NCCC(C)C. The summed E-state index contributed by atoms with van der Waals surface area (Å²) in [6.45, 7) is 10.3. The standard InChI is InChI=1S/C14H30N4/c1-13(2)7-9-17-14(15-3)16-8-6-12-18-10-4-5-11-18/h13H,4-12H2,1-3H3,(H2,15,16,17). The summed E-state index contributed by atoms with van der Waals surface area (Å²) in [4.78, 5) is 6.79. The van der Waals surface area contributed by atoms with Gasteiger partial charge in [0, 0.05) is 20.1 Å². The number of nitrogens with zero attached hydrogens (tertiary/aromatic N) is 2. The first-order chi connectivity index (χ1) is 8.72. The van der Waals surface area contributed by atoms with Gasteiger partial charge in [-0.25, -0.2) is 0 Å². The molecule has 18 heavy (non-hydrogen) atoms. The Morgan fingerprint density at radius 3 is 2.44 bits per heavy atom. The van der Waals surface area contributed by atoms with Crippen LogP contribution in [0.25, 0.3) is 0 Å². The summed E-state index contributed by atoms with van der Waals surface area (Å²) in [5, 5.41) is 6.73. The summed E-state index contributed by atoms with van der Waals surface area (Å²) < 4.78 is 0. The van der Waals surface area contributed by atoms with Crippen LogP contribution in [-0.2, 0) is 0 Å². The summed E-state index contributed by atoms with van der Waals surface area (Å²) >= 11 is 0. The quantitative estimate of drug-likeness (QED) is 0.412. The summed E-state index contributed by atoms with van der Waals surface area (Å²) in [5.41, 5.74) is 0. The van der Waals surface area contributed by atoms with Crippen molar-refractivity contribution in [3.05, 3.63) is 0 Å². The zero-order chi connectivity index (χ0) is 13.2. The van der Waals surface area contributed by atoms with Crippen molar-refractivity contribution in [1.82, 2.24) is 15.5 Å². The van der Waals surface area contributed by atoms with Gasteiger partial charge in [-0.3, -0.25) is 4.99 Å². The molecule has 0 aromatic carbocycles. The lowest BCUT2D eigenvalue weighted by molar-refractivity contribution is 0.334. The Balaban J connectivity index is 2.00. The number of likely N-dealkylation sites (tertiary alicyclic amines) is 1. The first-order valence-electron chi connectivity index (χ1n) is 7.39. The molecule has 0 aliphatic carbocycles. The highest BCUT2D eigenvalue weighted by Crippen LogP contribution is 2.06. The molecular formula is C14H30N4. The Labute approximate surface area is 112 Å². The Hall–Kier alpha value is -0.770. The highest BCUT2D eigenvalue weighted by atomic mass is 15.2. The first kappa shape index (κ1) is 15.3. The van der Waals surface area contributed by atoms with Crippen molar-refractivity contribution in [2.24, 2.45) is 10.9 Å². The fourth-order valence-electron chi connectivity index (χ4n) is 2.22. The molecule has 1 aliphatic rings. The van der Waals surface area contributed by atoms with Gasteiger partial charge in [0.2, 0.25) is 0 Å². The van der Waals surface area contributed by atoms with Crippen LogP contribution in [0.5, 0.6) is 0 Å². The minimum Gasteiger partial charge on any atom is -0.356 e. The van der Waals surface area contributed by atoms with E-state index in [4.69, 9.17) is 0 Å². The number of rotatable bonds is 7. The van der Waals surface area contributed by atoms with Gasteiger partial charge in [0.05, 0.1) is 0 Å². The van der Waals surface area contributed by atoms with Crippen LogP contribution in [0.1, 0.15) is 39.5 Å². The van der Waals surface area contributed by atoms with Crippen molar-refractivity contribution < 1.29 is 0 Å². The Kier molecular flexibility index (Phi) is 7.81. The molecule has 0 aromatic rings. The van der Waals surface area contributed by atoms with E-state index in [0.29, 0.717) is 0 Å². The van der Waals surface area contributed by atoms with Crippen LogP contribution < -0.4 is 10.6 Å². The van der Waals surface area contributed by atoms with E-state index in [0.717, 1.165) is 25.0 Å². The summed E-state index contributed by atoms with van der Waals surface area (Å²) in [6, 6.07) is 0. The van der Waals surface area contributed by atoms with Crippen molar-refractivity contribution in [2.45, 2.75) is 39.5 Å². The van der Waals surface area contributed by atoms with Gasteiger partial charge in [0.25, 0.3) is 0 Å². The van der Waals surface area contributed by atoms with Crippen LogP contribution in [0.2, 0.25) is 0 Å². The highest BCUT2D eigenvalue weighted by molar-refractivity contribution is 5.79. The second-order valence-electron chi connectivity index (χ2n) is 5.51. The molecule has 1 aliphatic heterocycles. The zero-order valence-corrected chi connectivity index (χ0v) is 12.3. The van der Waals surface area contributed by atoms with Crippen molar-refractivity contribution in [2.75, 3.05) is 39.8 Å². The summed E-state index contributed by atoms with van der Waals surface area (Å²) in [5.74, 6) is 1.68. The molecular weight excluding hydrogens is 224 g/mol. The molecule has 1 heterocycles. The monoisotopic (exact) mass is 254 g/mol. The molecule has 2 N–H and O–H groups in total. The van der Waals surface area contributed by atoms with E-state index >= 15 is 0 Å². The average molecular weight is 254 g/mol. The lowest BCUT2D eigenvalue weighted by Crippen LogP contribution is -2.39. The normalized spacial score (nSPS) is 17.4. The maximum atomic E-state index is 4.24. The predicted octanol–water partition coefficient (Wildman–Crippen LogP) is 1.68. The molecule has 0 amide bonds. The van der Waals surface area contributed by atoms with Crippen molar-refractivity contribution >= 4 is 5.96 Å². The fraction of sp³-hybridized carbons (Fsp3) is 0.929. The highest BCUT2D eigenvalue weighted by Gasteiger charge is 2.10. The van der Waals surface area contributed by atoms with Crippen LogP contribution >= 0.6 is 0 Å². The second-order valence-corrected chi connectivity index (χ2v) is 5.51. The maximum absolute atomic E-state index is 4.24. The smallest absolute Gasteiger partial charge is 0.190 e. The summed E-state index contributed by atoms with van der Waals surface area (Å²) in [7, 11) is 1.84. The largest absolute Gasteiger partial charge is 0.356 e. The molecule has 1 saturated heterocycles. The zero-order valence-electron chi connectivity index (χ0n) is 12.3. The fourth-order valence-corrected chi connectivity index (χ4v) is 2.22. The Morgan fingerprint density at radius 1 is 1.17 bits per heavy atom. The Morgan fingerprint density at radius 2 is 1.83 bits per heavy atom. The number of nitrogens with one attached hydrogen (secondary N) is 2. The number of hydrogen-bond donors (Lipinski definition) is 2. The lowest BCUT2D eigenvalue weighted by Gasteiger charge is -2.16. The third-order valence-electron chi connectivity index (χ3n) is 3.38. The van der Waals surface area contributed by atoms with E-state index in [-0.39, 0.29) is 0 Å². The molecule has 4 nitrogen and oxygen atoms in total. The van der Waals surface area contributed by atoms with Gasteiger partial charge >= 0.3 is 0 Å². The van der Waals surface area contributed by atoms with Crippen LogP contribution in [0.15, 0.2) is 4.99 Å². The minimum absolute atomic E-state index is 0.741. The number of hydrogen-bond acceptors (Lipinski definition) is 2. The topological polar surface area (TPSA) is 39.7 Å². The van der Waals surface area contributed by atoms with Crippen molar-refractivity contribution in [3.8, 4) is 0 Å².